The molecule has 1 fully saturated rings. The van der Waals surface area contributed by atoms with Crippen LogP contribution in [0, 0.1) is 11.8 Å². The molecule has 0 aliphatic carbocycles. The Hall–Kier alpha value is -2.34. The zero-order valence-corrected chi connectivity index (χ0v) is 13.9. The van der Waals surface area contributed by atoms with E-state index in [1.807, 2.05) is 13.0 Å². The molecular weight excluding hydrogens is 332 g/mol. The van der Waals surface area contributed by atoms with Gasteiger partial charge in [0.1, 0.15) is 0 Å². The third-order valence-electron chi connectivity index (χ3n) is 4.13. The van der Waals surface area contributed by atoms with E-state index in [9.17, 15) is 14.7 Å². The molecule has 2 heterocycles. The molecule has 0 bridgehead atoms. The Morgan fingerprint density at radius 2 is 2.12 bits per heavy atom. The van der Waals surface area contributed by atoms with Crippen molar-refractivity contribution in [2.75, 3.05) is 13.1 Å². The zero-order chi connectivity index (χ0) is 17.3. The lowest BCUT2D eigenvalue weighted by atomic mass is 9.90. The van der Waals surface area contributed by atoms with E-state index in [4.69, 9.17) is 16.1 Å². The molecular formula is C17H17ClN2O4. The van der Waals surface area contributed by atoms with Gasteiger partial charge in [0.05, 0.1) is 5.92 Å². The fraction of sp³-hybridized carbons (Fsp3) is 0.353. The van der Waals surface area contributed by atoms with Crippen molar-refractivity contribution in [3.63, 3.8) is 0 Å². The van der Waals surface area contributed by atoms with E-state index in [1.54, 1.807) is 24.3 Å². The summed E-state index contributed by atoms with van der Waals surface area (Å²) < 4.78 is 5.25. The third-order valence-corrected chi connectivity index (χ3v) is 4.37. The van der Waals surface area contributed by atoms with Crippen molar-refractivity contribution in [3.05, 3.63) is 41.0 Å². The summed E-state index contributed by atoms with van der Waals surface area (Å²) in [5.41, 5.74) is 0.896. The maximum atomic E-state index is 12.6. The van der Waals surface area contributed by atoms with E-state index in [2.05, 4.69) is 5.16 Å². The molecule has 1 N–H and O–H groups in total. The highest BCUT2D eigenvalue weighted by Crippen LogP contribution is 2.26. The van der Waals surface area contributed by atoms with Crippen molar-refractivity contribution in [3.8, 4) is 11.3 Å². The number of hydrogen-bond acceptors (Lipinski definition) is 4. The van der Waals surface area contributed by atoms with Gasteiger partial charge in [0.25, 0.3) is 5.91 Å². The molecule has 24 heavy (non-hydrogen) atoms. The summed E-state index contributed by atoms with van der Waals surface area (Å²) in [5, 5.41) is 13.6. The summed E-state index contributed by atoms with van der Waals surface area (Å²) in [5.74, 6) is -1.16. The lowest BCUT2D eigenvalue weighted by Crippen LogP contribution is -2.45. The number of likely N-dealkylation sites (tertiary alicyclic amines) is 1. The van der Waals surface area contributed by atoms with Gasteiger partial charge in [0, 0.05) is 29.7 Å². The number of hydrogen-bond donors (Lipinski definition) is 1. The Kier molecular flexibility index (Phi) is 4.57. The first-order chi connectivity index (χ1) is 11.4. The Labute approximate surface area is 144 Å². The SMILES string of the molecule is CC1CC(C(=O)O)CN(C(=O)c2cc(-c3cccc(Cl)c3)on2)C1. The van der Waals surface area contributed by atoms with E-state index in [0.29, 0.717) is 23.7 Å². The van der Waals surface area contributed by atoms with Crippen LogP contribution in [0.25, 0.3) is 11.3 Å². The van der Waals surface area contributed by atoms with E-state index in [-0.39, 0.29) is 24.1 Å². The first kappa shape index (κ1) is 16.5. The largest absolute Gasteiger partial charge is 0.481 e. The van der Waals surface area contributed by atoms with E-state index in [0.717, 1.165) is 5.56 Å². The second-order valence-electron chi connectivity index (χ2n) is 6.17. The minimum absolute atomic E-state index is 0.128. The van der Waals surface area contributed by atoms with Gasteiger partial charge in [-0.25, -0.2) is 0 Å². The number of amides is 1. The molecule has 1 aliphatic rings. The number of halogens is 1. The van der Waals surface area contributed by atoms with Gasteiger partial charge < -0.3 is 14.5 Å². The smallest absolute Gasteiger partial charge is 0.308 e. The Morgan fingerprint density at radius 1 is 1.33 bits per heavy atom. The fourth-order valence-electron chi connectivity index (χ4n) is 3.01. The lowest BCUT2D eigenvalue weighted by Gasteiger charge is -2.34. The summed E-state index contributed by atoms with van der Waals surface area (Å²) in [6, 6.07) is 8.62. The van der Waals surface area contributed by atoms with Gasteiger partial charge in [-0.1, -0.05) is 35.8 Å². The number of aliphatic carboxylic acids is 1. The molecule has 6 nitrogen and oxygen atoms in total. The Bertz CT molecular complexity index is 773. The topological polar surface area (TPSA) is 83.6 Å². The van der Waals surface area contributed by atoms with Gasteiger partial charge in [-0.15, -0.1) is 0 Å². The van der Waals surface area contributed by atoms with Crippen LogP contribution in [0.15, 0.2) is 34.9 Å². The molecule has 1 aromatic heterocycles. The molecule has 1 aromatic carbocycles. The maximum absolute atomic E-state index is 12.6. The van der Waals surface area contributed by atoms with Gasteiger partial charge >= 0.3 is 5.97 Å². The predicted octanol–water partition coefficient (Wildman–Crippen LogP) is 3.18. The number of carbonyl (C=O) groups is 2. The van der Waals surface area contributed by atoms with Crippen LogP contribution >= 0.6 is 11.6 Å². The number of aromatic nitrogens is 1. The molecule has 2 atom stereocenters. The molecule has 1 aliphatic heterocycles. The van der Waals surface area contributed by atoms with Gasteiger partial charge in [0.2, 0.25) is 0 Å². The van der Waals surface area contributed by atoms with Crippen LogP contribution in [0.4, 0.5) is 0 Å². The summed E-state index contributed by atoms with van der Waals surface area (Å²) in [4.78, 5) is 25.4. The summed E-state index contributed by atoms with van der Waals surface area (Å²) in [7, 11) is 0. The molecule has 1 amide bonds. The lowest BCUT2D eigenvalue weighted by molar-refractivity contribution is -0.143. The molecule has 7 heteroatoms. The van der Waals surface area contributed by atoms with Crippen LogP contribution in [-0.4, -0.2) is 40.1 Å². The average Bonchev–Trinajstić information content (AvgIpc) is 3.03. The summed E-state index contributed by atoms with van der Waals surface area (Å²) in [6.07, 6.45) is 0.575. The quantitative estimate of drug-likeness (QED) is 0.921. The van der Waals surface area contributed by atoms with Crippen molar-refractivity contribution in [1.82, 2.24) is 10.1 Å². The second kappa shape index (κ2) is 6.65. The van der Waals surface area contributed by atoms with Crippen LogP contribution < -0.4 is 0 Å². The van der Waals surface area contributed by atoms with Gasteiger partial charge in [-0.2, -0.15) is 0 Å². The highest BCUT2D eigenvalue weighted by Gasteiger charge is 2.33. The Morgan fingerprint density at radius 3 is 2.83 bits per heavy atom. The van der Waals surface area contributed by atoms with Crippen LogP contribution in [0.3, 0.4) is 0 Å². The third kappa shape index (κ3) is 3.43. The monoisotopic (exact) mass is 348 g/mol. The fourth-order valence-corrected chi connectivity index (χ4v) is 3.20. The first-order valence-corrected chi connectivity index (χ1v) is 8.06. The molecule has 0 radical (unpaired) electrons. The molecule has 3 rings (SSSR count). The highest BCUT2D eigenvalue weighted by atomic mass is 35.5. The second-order valence-corrected chi connectivity index (χ2v) is 6.61. The number of piperidine rings is 1. The standard InChI is InChI=1S/C17H17ClN2O4/c1-10-5-12(17(22)23)9-20(8-10)16(21)14-7-15(24-19-14)11-3-2-4-13(18)6-11/h2-4,6-7,10,12H,5,8-9H2,1H3,(H,22,23). The normalized spacial score (nSPS) is 20.8. The van der Waals surface area contributed by atoms with Gasteiger partial charge in [-0.05, 0) is 24.5 Å². The number of carbonyl (C=O) groups excluding carboxylic acids is 1. The molecule has 0 spiro atoms. The van der Waals surface area contributed by atoms with Crippen molar-refractivity contribution >= 4 is 23.5 Å². The minimum atomic E-state index is -0.876. The van der Waals surface area contributed by atoms with Crippen LogP contribution in [0.5, 0.6) is 0 Å². The molecule has 1 saturated heterocycles. The van der Waals surface area contributed by atoms with Crippen LogP contribution in [0.1, 0.15) is 23.8 Å². The number of rotatable bonds is 3. The Balaban J connectivity index is 1.79. The van der Waals surface area contributed by atoms with Crippen molar-refractivity contribution in [1.29, 1.82) is 0 Å². The van der Waals surface area contributed by atoms with Gasteiger partial charge in [-0.3, -0.25) is 9.59 Å². The van der Waals surface area contributed by atoms with Crippen molar-refractivity contribution in [2.24, 2.45) is 11.8 Å². The maximum Gasteiger partial charge on any atom is 0.308 e. The number of nitrogens with zero attached hydrogens (tertiary/aromatic N) is 2. The molecule has 126 valence electrons. The number of benzene rings is 1. The molecule has 0 saturated carbocycles. The van der Waals surface area contributed by atoms with Crippen molar-refractivity contribution in [2.45, 2.75) is 13.3 Å². The van der Waals surface area contributed by atoms with Crippen LogP contribution in [-0.2, 0) is 4.79 Å². The highest BCUT2D eigenvalue weighted by molar-refractivity contribution is 6.30. The van der Waals surface area contributed by atoms with E-state index in [1.165, 1.54) is 4.90 Å². The van der Waals surface area contributed by atoms with E-state index >= 15 is 0 Å². The first-order valence-electron chi connectivity index (χ1n) is 7.68. The molecule has 2 aromatic rings. The number of carboxylic acids is 1. The average molecular weight is 349 g/mol. The van der Waals surface area contributed by atoms with Gasteiger partial charge in [0.15, 0.2) is 11.5 Å². The summed E-state index contributed by atoms with van der Waals surface area (Å²) in [6.45, 7) is 2.65. The summed E-state index contributed by atoms with van der Waals surface area (Å²) >= 11 is 5.95. The zero-order valence-electron chi connectivity index (χ0n) is 13.1. The number of carboxylic acid groups (broad SMARTS) is 1. The van der Waals surface area contributed by atoms with Crippen molar-refractivity contribution < 1.29 is 19.2 Å². The predicted molar refractivity (Wildman–Crippen MR) is 87.8 cm³/mol. The minimum Gasteiger partial charge on any atom is -0.481 e. The molecule has 2 unspecified atom stereocenters. The van der Waals surface area contributed by atoms with Crippen LogP contribution in [0.2, 0.25) is 5.02 Å². The van der Waals surface area contributed by atoms with E-state index < -0.39 is 11.9 Å².